The molecule has 0 N–H and O–H groups in total. The van der Waals surface area contributed by atoms with E-state index in [1.165, 1.54) is 24.2 Å². The highest BCUT2D eigenvalue weighted by atomic mass is 16.2. The molecule has 0 atom stereocenters. The number of carbonyl (C=O) groups excluding carboxylic acids is 2. The van der Waals surface area contributed by atoms with Gasteiger partial charge in [0.05, 0.1) is 18.0 Å². The van der Waals surface area contributed by atoms with Crippen LogP contribution in [0.4, 0.5) is 11.4 Å². The fourth-order valence-corrected chi connectivity index (χ4v) is 3.88. The van der Waals surface area contributed by atoms with Gasteiger partial charge in [-0.15, -0.1) is 0 Å². The Labute approximate surface area is 171 Å². The molecular formula is C23H26N4O2. The van der Waals surface area contributed by atoms with Crippen LogP contribution in [0.1, 0.15) is 35.2 Å². The minimum absolute atomic E-state index is 0.0563. The summed E-state index contributed by atoms with van der Waals surface area (Å²) in [6.07, 6.45) is 3.63. The third-order valence-electron chi connectivity index (χ3n) is 5.45. The Bertz CT molecular complexity index is 944. The summed E-state index contributed by atoms with van der Waals surface area (Å²) in [6, 6.07) is 14.9. The summed E-state index contributed by atoms with van der Waals surface area (Å²) in [5.74, 6) is -0.121. The van der Waals surface area contributed by atoms with Gasteiger partial charge in [-0.1, -0.05) is 24.6 Å². The number of anilines is 1. The first-order chi connectivity index (χ1) is 14.0. The first-order valence-corrected chi connectivity index (χ1v) is 10.1. The Morgan fingerprint density at radius 3 is 2.38 bits per heavy atom. The largest absolute Gasteiger partial charge is 0.345 e. The molecule has 1 fully saturated rings. The maximum absolute atomic E-state index is 13.2. The normalized spacial score (nSPS) is 18.2. The fraction of sp³-hybridized carbons (Fsp3) is 0.348. The molecule has 6 nitrogen and oxygen atoms in total. The zero-order chi connectivity index (χ0) is 20.4. The molecule has 150 valence electrons. The lowest BCUT2D eigenvalue weighted by Crippen LogP contribution is -2.43. The average molecular weight is 390 g/mol. The maximum Gasteiger partial charge on any atom is 0.278 e. The van der Waals surface area contributed by atoms with Crippen LogP contribution in [-0.4, -0.2) is 61.2 Å². The van der Waals surface area contributed by atoms with E-state index in [1.54, 1.807) is 38.4 Å². The van der Waals surface area contributed by atoms with Gasteiger partial charge in [-0.05, 0) is 56.3 Å². The van der Waals surface area contributed by atoms with Gasteiger partial charge in [0.25, 0.3) is 11.8 Å². The van der Waals surface area contributed by atoms with Crippen molar-refractivity contribution in [2.24, 2.45) is 4.99 Å². The van der Waals surface area contributed by atoms with Crippen LogP contribution < -0.4 is 4.90 Å². The number of benzene rings is 2. The number of likely N-dealkylation sites (tertiary alicyclic amines) is 1. The van der Waals surface area contributed by atoms with Crippen LogP contribution in [0.2, 0.25) is 0 Å². The van der Waals surface area contributed by atoms with Crippen molar-refractivity contribution in [3.05, 3.63) is 59.7 Å². The number of fused-ring (bicyclic) bond motifs is 1. The maximum atomic E-state index is 13.2. The zero-order valence-corrected chi connectivity index (χ0v) is 17.0. The topological polar surface area (TPSA) is 56.2 Å². The predicted molar refractivity (Wildman–Crippen MR) is 115 cm³/mol. The molecule has 2 amide bonds. The Balaban J connectivity index is 1.61. The second-order valence-corrected chi connectivity index (χ2v) is 7.78. The van der Waals surface area contributed by atoms with Crippen LogP contribution >= 0.6 is 0 Å². The van der Waals surface area contributed by atoms with Gasteiger partial charge in [-0.2, -0.15) is 0 Å². The quantitative estimate of drug-likeness (QED) is 0.805. The van der Waals surface area contributed by atoms with Gasteiger partial charge < -0.3 is 4.90 Å². The van der Waals surface area contributed by atoms with Gasteiger partial charge in [0.15, 0.2) is 0 Å². The molecule has 1 saturated heterocycles. The van der Waals surface area contributed by atoms with Gasteiger partial charge in [0.1, 0.15) is 5.71 Å². The van der Waals surface area contributed by atoms with Crippen molar-refractivity contribution in [2.75, 3.05) is 38.8 Å². The smallest absolute Gasteiger partial charge is 0.278 e. The van der Waals surface area contributed by atoms with Gasteiger partial charge in [0, 0.05) is 25.2 Å². The third kappa shape index (κ3) is 3.93. The fourth-order valence-electron chi connectivity index (χ4n) is 3.88. The van der Waals surface area contributed by atoms with Gasteiger partial charge in [-0.3, -0.25) is 19.4 Å². The van der Waals surface area contributed by atoms with Crippen molar-refractivity contribution in [2.45, 2.75) is 19.3 Å². The van der Waals surface area contributed by atoms with Crippen LogP contribution in [0.5, 0.6) is 0 Å². The molecule has 2 aromatic rings. The number of carbonyl (C=O) groups is 2. The van der Waals surface area contributed by atoms with E-state index in [-0.39, 0.29) is 11.8 Å². The number of piperidine rings is 1. The molecule has 2 aromatic carbocycles. The second kappa shape index (κ2) is 8.17. The Hall–Kier alpha value is -2.99. The number of nitrogens with zero attached hydrogens (tertiary/aromatic N) is 4. The lowest BCUT2D eigenvalue weighted by atomic mass is 10.1. The number of aliphatic imine (C=N–C) groups is 1. The van der Waals surface area contributed by atoms with Crippen molar-refractivity contribution in [1.29, 1.82) is 0 Å². The number of hydrogen-bond acceptors (Lipinski definition) is 4. The Kier molecular flexibility index (Phi) is 5.45. The highest BCUT2D eigenvalue weighted by Gasteiger charge is 2.34. The molecule has 0 saturated carbocycles. The Morgan fingerprint density at radius 1 is 1.00 bits per heavy atom. The van der Waals surface area contributed by atoms with Gasteiger partial charge in [-0.25, -0.2) is 4.99 Å². The molecule has 0 spiro atoms. The number of hydrogen-bond donors (Lipinski definition) is 0. The minimum atomic E-state index is -0.0646. The summed E-state index contributed by atoms with van der Waals surface area (Å²) < 4.78 is 0. The second-order valence-electron chi connectivity index (χ2n) is 7.78. The van der Waals surface area contributed by atoms with Gasteiger partial charge in [0.2, 0.25) is 0 Å². The van der Waals surface area contributed by atoms with E-state index < -0.39 is 0 Å². The first kappa shape index (κ1) is 19.3. The summed E-state index contributed by atoms with van der Waals surface area (Å²) >= 11 is 0. The van der Waals surface area contributed by atoms with Crippen LogP contribution in [0.15, 0.2) is 53.5 Å². The molecule has 4 rings (SSSR count). The molecule has 6 heteroatoms. The zero-order valence-electron chi connectivity index (χ0n) is 17.0. The highest BCUT2D eigenvalue weighted by molar-refractivity contribution is 6.54. The summed E-state index contributed by atoms with van der Waals surface area (Å²) in [6.45, 7) is 2.66. The predicted octanol–water partition coefficient (Wildman–Crippen LogP) is 3.30. The van der Waals surface area contributed by atoms with E-state index in [2.05, 4.69) is 9.89 Å². The van der Waals surface area contributed by atoms with Crippen molar-refractivity contribution < 1.29 is 9.59 Å². The van der Waals surface area contributed by atoms with Crippen LogP contribution in [-0.2, 0) is 4.79 Å². The number of para-hydroxylation sites is 1. The van der Waals surface area contributed by atoms with Crippen LogP contribution in [0, 0.1) is 0 Å². The molecule has 0 unspecified atom stereocenters. The lowest BCUT2D eigenvalue weighted by Gasteiger charge is -2.30. The first-order valence-electron chi connectivity index (χ1n) is 10.1. The molecular weight excluding hydrogens is 364 g/mol. The number of rotatable bonds is 4. The molecule has 0 aromatic heterocycles. The minimum Gasteiger partial charge on any atom is -0.345 e. The average Bonchev–Trinajstić information content (AvgIpc) is 3.00. The summed E-state index contributed by atoms with van der Waals surface area (Å²) in [4.78, 5) is 35.6. The number of amides is 2. The van der Waals surface area contributed by atoms with E-state index in [9.17, 15) is 9.59 Å². The molecule has 0 radical (unpaired) electrons. The molecule has 2 aliphatic heterocycles. The lowest BCUT2D eigenvalue weighted by molar-refractivity contribution is -0.112. The molecule has 2 heterocycles. The molecule has 2 aliphatic rings. The van der Waals surface area contributed by atoms with E-state index in [4.69, 9.17) is 0 Å². The van der Waals surface area contributed by atoms with Crippen LogP contribution in [0.3, 0.4) is 0 Å². The SMILES string of the molecule is CN(C)C(=O)c1ccc(N=C2C(=O)N(CN3CCCCC3)c3ccccc32)cc1. The van der Waals surface area contributed by atoms with Gasteiger partial charge >= 0.3 is 0 Å². The molecule has 29 heavy (non-hydrogen) atoms. The van der Waals surface area contributed by atoms with Crippen molar-refractivity contribution in [1.82, 2.24) is 9.80 Å². The third-order valence-corrected chi connectivity index (χ3v) is 5.45. The standard InChI is InChI=1S/C23H26N4O2/c1-25(2)22(28)17-10-12-18(13-11-17)24-21-19-8-4-5-9-20(19)27(23(21)29)16-26-14-6-3-7-15-26/h4-5,8-13H,3,6-7,14-16H2,1-2H3. The monoisotopic (exact) mass is 390 g/mol. The summed E-state index contributed by atoms with van der Waals surface area (Å²) in [5.41, 5.74) is 3.51. The highest BCUT2D eigenvalue weighted by Crippen LogP contribution is 2.31. The van der Waals surface area contributed by atoms with Crippen molar-refractivity contribution in [3.8, 4) is 0 Å². The van der Waals surface area contributed by atoms with Crippen LogP contribution in [0.25, 0.3) is 0 Å². The molecule has 0 bridgehead atoms. The van der Waals surface area contributed by atoms with E-state index in [0.29, 0.717) is 23.6 Å². The summed E-state index contributed by atoms with van der Waals surface area (Å²) in [5, 5.41) is 0. The van der Waals surface area contributed by atoms with Crippen molar-refractivity contribution >= 4 is 28.9 Å². The van der Waals surface area contributed by atoms with Crippen molar-refractivity contribution in [3.63, 3.8) is 0 Å². The van der Waals surface area contributed by atoms with E-state index in [0.717, 1.165) is 24.3 Å². The molecule has 0 aliphatic carbocycles. The van der Waals surface area contributed by atoms with E-state index in [1.807, 2.05) is 29.2 Å². The Morgan fingerprint density at radius 2 is 1.69 bits per heavy atom. The van der Waals surface area contributed by atoms with E-state index >= 15 is 0 Å². The summed E-state index contributed by atoms with van der Waals surface area (Å²) in [7, 11) is 3.45.